The average Bonchev–Trinajstić information content (AvgIpc) is 2.78. The summed E-state index contributed by atoms with van der Waals surface area (Å²) in [5, 5.41) is 4.75. The Morgan fingerprint density at radius 2 is 2.00 bits per heavy atom. The molecule has 0 atom stereocenters. The van der Waals surface area contributed by atoms with Crippen LogP contribution in [0.2, 0.25) is 0 Å². The zero-order chi connectivity index (χ0) is 12.1. The van der Waals surface area contributed by atoms with Gasteiger partial charge in [0.05, 0.1) is 0 Å². The monoisotopic (exact) mass is 230 g/mol. The van der Waals surface area contributed by atoms with E-state index in [1.807, 2.05) is 0 Å². The van der Waals surface area contributed by atoms with E-state index >= 15 is 0 Å². The van der Waals surface area contributed by atoms with Crippen LogP contribution in [-0.4, -0.2) is 10.4 Å². The highest BCUT2D eigenvalue weighted by Gasteiger charge is 1.99. The molecular formula is C13H18N4. The lowest BCUT2D eigenvalue weighted by Gasteiger charge is -2.05. The van der Waals surface area contributed by atoms with Crippen LogP contribution in [0.15, 0.2) is 41.6 Å². The first-order chi connectivity index (χ1) is 8.31. The largest absolute Gasteiger partial charge is 0.386 e. The molecule has 0 aliphatic rings. The quantitative estimate of drug-likeness (QED) is 0.271. The molecule has 0 spiro atoms. The Kier molecular flexibility index (Phi) is 3.65. The van der Waals surface area contributed by atoms with E-state index in [0.717, 1.165) is 25.8 Å². The van der Waals surface area contributed by atoms with Gasteiger partial charge in [0.25, 0.3) is 0 Å². The second-order valence-electron chi connectivity index (χ2n) is 4.15. The lowest BCUT2D eigenvalue weighted by atomic mass is 10.2. The van der Waals surface area contributed by atoms with Crippen LogP contribution in [0.4, 0.5) is 0 Å². The summed E-state index contributed by atoms with van der Waals surface area (Å²) in [5.41, 5.74) is 6.83. The van der Waals surface area contributed by atoms with Crippen LogP contribution in [0.1, 0.15) is 19.3 Å². The second-order valence-corrected chi connectivity index (χ2v) is 4.15. The molecule has 2 aromatic rings. The normalized spacial score (nSPS) is 12.1. The molecule has 0 amide bonds. The zero-order valence-electron chi connectivity index (χ0n) is 9.84. The van der Waals surface area contributed by atoms with Crippen molar-refractivity contribution in [3.8, 4) is 0 Å². The van der Waals surface area contributed by atoms with E-state index in [9.17, 15) is 0 Å². The van der Waals surface area contributed by atoms with Gasteiger partial charge < -0.3 is 16.1 Å². The number of unbranched alkanes of at least 4 members (excludes halogenated alkanes) is 1. The first kappa shape index (κ1) is 11.5. The highest BCUT2D eigenvalue weighted by molar-refractivity contribution is 5.80. The Labute approximate surface area is 101 Å². The summed E-state index contributed by atoms with van der Waals surface area (Å²) in [4.78, 5) is 0. The maximum absolute atomic E-state index is 5.54. The average molecular weight is 230 g/mol. The molecule has 4 heteroatoms. The van der Waals surface area contributed by atoms with Gasteiger partial charge in [0, 0.05) is 24.7 Å². The Bertz CT molecular complexity index is 513. The van der Waals surface area contributed by atoms with Crippen molar-refractivity contribution in [2.24, 2.45) is 16.7 Å². The minimum Gasteiger partial charge on any atom is -0.386 e. The highest BCUT2D eigenvalue weighted by atomic mass is 15.1. The fourth-order valence-corrected chi connectivity index (χ4v) is 1.99. The van der Waals surface area contributed by atoms with Crippen LogP contribution >= 0.6 is 0 Å². The number of nitrogens with zero attached hydrogens (tertiary/aromatic N) is 2. The number of aryl methyl sites for hydroxylation is 1. The predicted molar refractivity (Wildman–Crippen MR) is 71.6 cm³/mol. The standard InChI is InChI=1S/C13H18N4/c14-13(16-15)7-3-4-9-17-10-8-11-5-1-2-6-12(11)17/h1-2,5-6,8,10H,3-4,7,9,15H2,(H2,14,16). The number of aromatic nitrogens is 1. The molecule has 4 N–H and O–H groups in total. The van der Waals surface area contributed by atoms with Gasteiger partial charge in [0.15, 0.2) is 0 Å². The molecule has 1 heterocycles. The molecule has 0 aliphatic carbocycles. The minimum absolute atomic E-state index is 0.530. The number of benzene rings is 1. The molecule has 0 bridgehead atoms. The topological polar surface area (TPSA) is 69.3 Å². The van der Waals surface area contributed by atoms with Crippen LogP contribution in [0, 0.1) is 0 Å². The van der Waals surface area contributed by atoms with Gasteiger partial charge >= 0.3 is 0 Å². The van der Waals surface area contributed by atoms with Crippen molar-refractivity contribution in [3.05, 3.63) is 36.5 Å². The minimum atomic E-state index is 0.530. The van der Waals surface area contributed by atoms with E-state index in [0.29, 0.717) is 5.84 Å². The van der Waals surface area contributed by atoms with Crippen molar-refractivity contribution < 1.29 is 0 Å². The molecule has 0 radical (unpaired) electrons. The summed E-state index contributed by atoms with van der Waals surface area (Å²) in [6, 6.07) is 10.5. The van der Waals surface area contributed by atoms with Gasteiger partial charge in [0.2, 0.25) is 0 Å². The molecule has 0 fully saturated rings. The van der Waals surface area contributed by atoms with Crippen molar-refractivity contribution in [3.63, 3.8) is 0 Å². The van der Waals surface area contributed by atoms with Crippen LogP contribution in [0.25, 0.3) is 10.9 Å². The third-order valence-electron chi connectivity index (χ3n) is 2.93. The van der Waals surface area contributed by atoms with Gasteiger partial charge in [-0.15, -0.1) is 0 Å². The maximum atomic E-state index is 5.54. The zero-order valence-corrected chi connectivity index (χ0v) is 9.84. The molecule has 1 aromatic heterocycles. The highest BCUT2D eigenvalue weighted by Crippen LogP contribution is 2.15. The number of amidine groups is 1. The SMILES string of the molecule is N/N=C(\N)CCCCn1ccc2ccccc21. The summed E-state index contributed by atoms with van der Waals surface area (Å²) < 4.78 is 2.27. The van der Waals surface area contributed by atoms with Gasteiger partial charge in [-0.3, -0.25) is 0 Å². The Hall–Kier alpha value is -1.97. The van der Waals surface area contributed by atoms with E-state index < -0.39 is 0 Å². The number of hydrazone groups is 1. The van der Waals surface area contributed by atoms with E-state index in [4.69, 9.17) is 11.6 Å². The van der Waals surface area contributed by atoms with Gasteiger partial charge in [0.1, 0.15) is 5.84 Å². The Morgan fingerprint density at radius 3 is 2.82 bits per heavy atom. The Balaban J connectivity index is 1.91. The molecule has 0 unspecified atom stereocenters. The Morgan fingerprint density at radius 1 is 1.18 bits per heavy atom. The van der Waals surface area contributed by atoms with Crippen LogP contribution in [0.5, 0.6) is 0 Å². The smallest absolute Gasteiger partial charge is 0.119 e. The van der Waals surface area contributed by atoms with Gasteiger partial charge in [-0.1, -0.05) is 18.2 Å². The summed E-state index contributed by atoms with van der Waals surface area (Å²) in [6.07, 6.45) is 4.99. The molecule has 0 saturated carbocycles. The van der Waals surface area contributed by atoms with Crippen molar-refractivity contribution in [1.82, 2.24) is 4.57 Å². The summed E-state index contributed by atoms with van der Waals surface area (Å²) in [5.74, 6) is 5.61. The fraction of sp³-hybridized carbons (Fsp3) is 0.308. The number of hydrogen-bond donors (Lipinski definition) is 2. The van der Waals surface area contributed by atoms with Crippen molar-refractivity contribution in [2.75, 3.05) is 0 Å². The number of rotatable bonds is 5. The number of para-hydroxylation sites is 1. The molecule has 17 heavy (non-hydrogen) atoms. The lowest BCUT2D eigenvalue weighted by Crippen LogP contribution is -2.13. The molecule has 1 aromatic carbocycles. The van der Waals surface area contributed by atoms with Crippen molar-refractivity contribution in [2.45, 2.75) is 25.8 Å². The summed E-state index contributed by atoms with van der Waals surface area (Å²) >= 11 is 0. The van der Waals surface area contributed by atoms with Crippen molar-refractivity contribution in [1.29, 1.82) is 0 Å². The summed E-state index contributed by atoms with van der Waals surface area (Å²) in [6.45, 7) is 1.01. The fourth-order valence-electron chi connectivity index (χ4n) is 1.99. The number of fused-ring (bicyclic) bond motifs is 1. The molecule has 2 rings (SSSR count). The second kappa shape index (κ2) is 5.39. The molecule has 4 nitrogen and oxygen atoms in total. The first-order valence-electron chi connectivity index (χ1n) is 5.87. The lowest BCUT2D eigenvalue weighted by molar-refractivity contribution is 0.635. The molecule has 0 saturated heterocycles. The maximum Gasteiger partial charge on any atom is 0.119 e. The van der Waals surface area contributed by atoms with Crippen LogP contribution < -0.4 is 11.6 Å². The predicted octanol–water partition coefficient (Wildman–Crippen LogP) is 2.04. The van der Waals surface area contributed by atoms with Gasteiger partial charge in [-0.2, -0.15) is 5.10 Å². The first-order valence-corrected chi connectivity index (χ1v) is 5.87. The van der Waals surface area contributed by atoms with Crippen molar-refractivity contribution >= 4 is 16.7 Å². The van der Waals surface area contributed by atoms with E-state index in [1.54, 1.807) is 0 Å². The van der Waals surface area contributed by atoms with Crippen LogP contribution in [-0.2, 0) is 6.54 Å². The molecule has 0 aliphatic heterocycles. The third kappa shape index (κ3) is 2.78. The van der Waals surface area contributed by atoms with Gasteiger partial charge in [-0.05, 0) is 30.4 Å². The number of hydrogen-bond acceptors (Lipinski definition) is 2. The van der Waals surface area contributed by atoms with Crippen LogP contribution in [0.3, 0.4) is 0 Å². The molecular weight excluding hydrogens is 212 g/mol. The van der Waals surface area contributed by atoms with E-state index in [2.05, 4.69) is 46.2 Å². The molecule has 90 valence electrons. The number of nitrogens with two attached hydrogens (primary N) is 2. The van der Waals surface area contributed by atoms with Gasteiger partial charge in [-0.25, -0.2) is 0 Å². The van der Waals surface area contributed by atoms with E-state index in [-0.39, 0.29) is 0 Å². The summed E-state index contributed by atoms with van der Waals surface area (Å²) in [7, 11) is 0. The van der Waals surface area contributed by atoms with E-state index in [1.165, 1.54) is 10.9 Å². The third-order valence-corrected chi connectivity index (χ3v) is 2.93.